The summed E-state index contributed by atoms with van der Waals surface area (Å²) < 4.78 is 10.8. The van der Waals surface area contributed by atoms with Gasteiger partial charge in [-0.1, -0.05) is 25.5 Å². The molecule has 0 saturated heterocycles. The van der Waals surface area contributed by atoms with Crippen molar-refractivity contribution in [3.05, 3.63) is 68.4 Å². The second kappa shape index (κ2) is 6.97. The second-order valence-electron chi connectivity index (χ2n) is 8.94. The van der Waals surface area contributed by atoms with Gasteiger partial charge in [-0.2, -0.15) is 0 Å². The predicted molar refractivity (Wildman–Crippen MR) is 113 cm³/mol. The van der Waals surface area contributed by atoms with Crippen LogP contribution in [0.4, 0.5) is 0 Å². The van der Waals surface area contributed by atoms with Crippen molar-refractivity contribution in [1.82, 2.24) is 5.32 Å². The predicted octanol–water partition coefficient (Wildman–Crippen LogP) is 3.88. The molecule has 1 aromatic carbocycles. The lowest BCUT2D eigenvalue weighted by Crippen LogP contribution is -2.39. The lowest BCUT2D eigenvalue weighted by molar-refractivity contribution is -0.136. The number of carbonyl (C=O) groups is 2. The van der Waals surface area contributed by atoms with Gasteiger partial charge in [0.15, 0.2) is 11.2 Å². The van der Waals surface area contributed by atoms with Gasteiger partial charge in [0.05, 0.1) is 30.3 Å². The zero-order valence-corrected chi connectivity index (χ0v) is 17.8. The largest absolute Gasteiger partial charge is 0.466 e. The number of aryl methyl sites for hydroxylation is 1. The number of nitrogens with one attached hydrogen (secondary N) is 1. The van der Waals surface area contributed by atoms with Crippen molar-refractivity contribution in [2.75, 3.05) is 7.11 Å². The Labute approximate surface area is 174 Å². The maximum absolute atomic E-state index is 13.5. The van der Waals surface area contributed by atoms with Crippen LogP contribution >= 0.6 is 0 Å². The summed E-state index contributed by atoms with van der Waals surface area (Å²) >= 11 is 0. The first kappa shape index (κ1) is 20.1. The van der Waals surface area contributed by atoms with Crippen molar-refractivity contribution in [2.24, 2.45) is 5.41 Å². The molecule has 6 nitrogen and oxygen atoms in total. The zero-order valence-electron chi connectivity index (χ0n) is 17.8. The van der Waals surface area contributed by atoms with E-state index in [9.17, 15) is 14.4 Å². The van der Waals surface area contributed by atoms with Gasteiger partial charge in [0.25, 0.3) is 0 Å². The van der Waals surface area contributed by atoms with Gasteiger partial charge in [-0.05, 0) is 37.8 Å². The molecule has 1 aliphatic heterocycles. The first-order valence-electron chi connectivity index (χ1n) is 9.97. The molecule has 4 rings (SSSR count). The summed E-state index contributed by atoms with van der Waals surface area (Å²) in [7, 11) is 1.29. The summed E-state index contributed by atoms with van der Waals surface area (Å²) in [6.07, 6.45) is 2.37. The number of ketones is 1. The minimum atomic E-state index is -0.821. The van der Waals surface area contributed by atoms with Gasteiger partial charge in [0, 0.05) is 29.0 Å². The Morgan fingerprint density at radius 3 is 2.63 bits per heavy atom. The number of benzene rings is 1. The molecule has 0 amide bonds. The normalized spacial score (nSPS) is 20.8. The number of Topliss-reactive ketones (excluding diaryl/α,β-unsaturated/α-hetero) is 1. The van der Waals surface area contributed by atoms with Crippen LogP contribution < -0.4 is 10.7 Å². The summed E-state index contributed by atoms with van der Waals surface area (Å²) in [6.45, 7) is 7.73. The van der Waals surface area contributed by atoms with E-state index in [1.54, 1.807) is 19.1 Å². The molecular formula is C24H25NO5. The van der Waals surface area contributed by atoms with Crippen molar-refractivity contribution >= 4 is 22.7 Å². The number of dihydropyridines is 1. The molecule has 0 bridgehead atoms. The molecule has 0 saturated carbocycles. The summed E-state index contributed by atoms with van der Waals surface area (Å²) in [4.78, 5) is 39.4. The van der Waals surface area contributed by atoms with E-state index in [1.165, 1.54) is 13.4 Å². The Hall–Kier alpha value is -3.15. The van der Waals surface area contributed by atoms with E-state index in [0.717, 1.165) is 11.3 Å². The van der Waals surface area contributed by atoms with Gasteiger partial charge < -0.3 is 14.5 Å². The standard InChI is InChI=1S/C24H25NO5/c1-12-6-7-18-14(8-12)22(27)15(11-30-18)20-19(23(28)29-5)13(2)25-16-9-24(3,4)10-17(26)21(16)20/h6-8,11,20,25H,9-10H2,1-5H3/t20-/m0/s1. The van der Waals surface area contributed by atoms with Crippen molar-refractivity contribution < 1.29 is 18.7 Å². The van der Waals surface area contributed by atoms with E-state index in [2.05, 4.69) is 5.32 Å². The van der Waals surface area contributed by atoms with Crippen LogP contribution in [0.2, 0.25) is 0 Å². The fourth-order valence-corrected chi connectivity index (χ4v) is 4.59. The van der Waals surface area contributed by atoms with Crippen molar-refractivity contribution in [3.63, 3.8) is 0 Å². The van der Waals surface area contributed by atoms with Crippen LogP contribution in [-0.4, -0.2) is 18.9 Å². The third-order valence-corrected chi connectivity index (χ3v) is 5.91. The minimum absolute atomic E-state index is 0.0728. The Balaban J connectivity index is 2.01. The van der Waals surface area contributed by atoms with E-state index in [4.69, 9.17) is 9.15 Å². The molecule has 1 N–H and O–H groups in total. The first-order valence-corrected chi connectivity index (χ1v) is 9.97. The highest BCUT2D eigenvalue weighted by Crippen LogP contribution is 2.46. The Morgan fingerprint density at radius 2 is 1.93 bits per heavy atom. The van der Waals surface area contributed by atoms with Crippen LogP contribution in [0, 0.1) is 12.3 Å². The molecule has 2 aliphatic rings. The van der Waals surface area contributed by atoms with E-state index in [0.29, 0.717) is 35.1 Å². The molecule has 2 heterocycles. The number of fused-ring (bicyclic) bond motifs is 1. The number of hydrogen-bond donors (Lipinski definition) is 1. The van der Waals surface area contributed by atoms with Gasteiger partial charge in [-0.15, -0.1) is 0 Å². The molecule has 1 aromatic heterocycles. The third kappa shape index (κ3) is 3.16. The van der Waals surface area contributed by atoms with Crippen LogP contribution in [0.25, 0.3) is 11.0 Å². The van der Waals surface area contributed by atoms with Crippen LogP contribution in [0.15, 0.2) is 56.2 Å². The number of allylic oxidation sites excluding steroid dienone is 3. The number of rotatable bonds is 2. The third-order valence-electron chi connectivity index (χ3n) is 5.91. The fourth-order valence-electron chi connectivity index (χ4n) is 4.59. The van der Waals surface area contributed by atoms with E-state index >= 15 is 0 Å². The van der Waals surface area contributed by atoms with Crippen molar-refractivity contribution in [3.8, 4) is 0 Å². The van der Waals surface area contributed by atoms with Crippen LogP contribution in [0.3, 0.4) is 0 Å². The average Bonchev–Trinajstić information content (AvgIpc) is 2.66. The monoisotopic (exact) mass is 407 g/mol. The maximum Gasteiger partial charge on any atom is 0.336 e. The molecule has 0 unspecified atom stereocenters. The topological polar surface area (TPSA) is 85.6 Å². The molecule has 0 spiro atoms. The van der Waals surface area contributed by atoms with Gasteiger partial charge in [-0.3, -0.25) is 9.59 Å². The lowest BCUT2D eigenvalue weighted by Gasteiger charge is -2.39. The molecule has 2 aromatic rings. The van der Waals surface area contributed by atoms with E-state index in [1.807, 2.05) is 26.8 Å². The average molecular weight is 407 g/mol. The number of hydrogen-bond acceptors (Lipinski definition) is 6. The van der Waals surface area contributed by atoms with Crippen molar-refractivity contribution in [1.29, 1.82) is 0 Å². The van der Waals surface area contributed by atoms with Crippen LogP contribution in [-0.2, 0) is 14.3 Å². The fraction of sp³-hybridized carbons (Fsp3) is 0.375. The molecular weight excluding hydrogens is 382 g/mol. The molecule has 0 fully saturated rings. The SMILES string of the molecule is COC(=O)C1=C(C)NC2=C(C(=O)CC(C)(C)C2)[C@H]1c1coc2ccc(C)cc2c1=O. The first-order chi connectivity index (χ1) is 14.1. The smallest absolute Gasteiger partial charge is 0.336 e. The van der Waals surface area contributed by atoms with E-state index < -0.39 is 11.9 Å². The Morgan fingerprint density at radius 1 is 1.20 bits per heavy atom. The van der Waals surface area contributed by atoms with Gasteiger partial charge in [0.1, 0.15) is 5.58 Å². The highest BCUT2D eigenvalue weighted by Gasteiger charge is 2.44. The zero-order chi connectivity index (χ0) is 21.8. The summed E-state index contributed by atoms with van der Waals surface area (Å²) in [6, 6.07) is 5.38. The van der Waals surface area contributed by atoms with Crippen molar-refractivity contribution in [2.45, 2.75) is 46.5 Å². The molecule has 30 heavy (non-hydrogen) atoms. The molecule has 6 heteroatoms. The highest BCUT2D eigenvalue weighted by molar-refractivity contribution is 6.04. The molecule has 156 valence electrons. The quantitative estimate of drug-likeness (QED) is 0.761. The summed E-state index contributed by atoms with van der Waals surface area (Å²) in [5.41, 5.74) is 3.28. The number of ether oxygens (including phenoxy) is 1. The van der Waals surface area contributed by atoms with Gasteiger partial charge in [0.2, 0.25) is 0 Å². The van der Waals surface area contributed by atoms with Gasteiger partial charge in [-0.25, -0.2) is 4.79 Å². The minimum Gasteiger partial charge on any atom is -0.466 e. The second-order valence-corrected chi connectivity index (χ2v) is 8.94. The number of esters is 1. The molecule has 1 aliphatic carbocycles. The Kier molecular flexibility index (Phi) is 4.68. The Bertz CT molecular complexity index is 1210. The summed E-state index contributed by atoms with van der Waals surface area (Å²) in [5, 5.41) is 3.67. The van der Waals surface area contributed by atoms with Crippen LogP contribution in [0.5, 0.6) is 0 Å². The lowest BCUT2D eigenvalue weighted by atomic mass is 9.68. The number of carbonyl (C=O) groups excluding carboxylic acids is 2. The molecule has 1 atom stereocenters. The van der Waals surface area contributed by atoms with Gasteiger partial charge >= 0.3 is 5.97 Å². The van der Waals surface area contributed by atoms with Crippen LogP contribution in [0.1, 0.15) is 50.7 Å². The summed E-state index contributed by atoms with van der Waals surface area (Å²) in [5.74, 6) is -1.47. The molecule has 0 radical (unpaired) electrons. The maximum atomic E-state index is 13.5. The van der Waals surface area contributed by atoms with E-state index in [-0.39, 0.29) is 27.8 Å². The number of methoxy groups -OCH3 is 1. The highest BCUT2D eigenvalue weighted by atomic mass is 16.5.